The van der Waals surface area contributed by atoms with Gasteiger partial charge in [0.2, 0.25) is 0 Å². The SMILES string of the molecule is C1=CC=NNC=C1.C1CCONC1. The maximum absolute atomic E-state index is 4.82. The van der Waals surface area contributed by atoms with Crippen molar-refractivity contribution in [2.24, 2.45) is 5.10 Å². The summed E-state index contributed by atoms with van der Waals surface area (Å²) in [6.45, 7) is 1.92. The van der Waals surface area contributed by atoms with E-state index in [-0.39, 0.29) is 0 Å². The number of rotatable bonds is 0. The monoisotopic (exact) mass is 181 g/mol. The molecule has 0 aromatic carbocycles. The average molecular weight is 181 g/mol. The minimum absolute atomic E-state index is 0.889. The molecule has 2 heterocycles. The molecule has 72 valence electrons. The van der Waals surface area contributed by atoms with Crippen molar-refractivity contribution in [3.05, 3.63) is 24.4 Å². The van der Waals surface area contributed by atoms with Crippen LogP contribution in [0.1, 0.15) is 12.8 Å². The molecular weight excluding hydrogens is 166 g/mol. The second-order valence-corrected chi connectivity index (χ2v) is 2.60. The lowest BCUT2D eigenvalue weighted by atomic mass is 10.3. The normalized spacial score (nSPS) is 19.7. The second kappa shape index (κ2) is 7.52. The van der Waals surface area contributed by atoms with Crippen LogP contribution in [-0.2, 0) is 4.84 Å². The molecule has 0 radical (unpaired) electrons. The Kier molecular flexibility index (Phi) is 5.75. The molecule has 2 aliphatic heterocycles. The van der Waals surface area contributed by atoms with Crippen LogP contribution < -0.4 is 10.9 Å². The van der Waals surface area contributed by atoms with Crippen LogP contribution in [0.15, 0.2) is 29.5 Å². The van der Waals surface area contributed by atoms with Gasteiger partial charge in [0, 0.05) is 19.0 Å². The number of hydrazone groups is 1. The lowest BCUT2D eigenvalue weighted by Gasteiger charge is -2.09. The minimum atomic E-state index is 0.889. The Morgan fingerprint density at radius 3 is 2.77 bits per heavy atom. The van der Waals surface area contributed by atoms with E-state index in [2.05, 4.69) is 16.0 Å². The predicted molar refractivity (Wildman–Crippen MR) is 53.1 cm³/mol. The summed E-state index contributed by atoms with van der Waals surface area (Å²) < 4.78 is 0. The Labute approximate surface area is 78.3 Å². The van der Waals surface area contributed by atoms with Gasteiger partial charge in [-0.2, -0.15) is 5.10 Å². The summed E-state index contributed by atoms with van der Waals surface area (Å²) >= 11 is 0. The molecule has 0 saturated carbocycles. The molecule has 2 aliphatic rings. The van der Waals surface area contributed by atoms with Gasteiger partial charge in [-0.25, -0.2) is 5.48 Å². The summed E-state index contributed by atoms with van der Waals surface area (Å²) in [7, 11) is 0. The van der Waals surface area contributed by atoms with Crippen molar-refractivity contribution in [2.45, 2.75) is 12.8 Å². The van der Waals surface area contributed by atoms with Crippen LogP contribution in [0.2, 0.25) is 0 Å². The van der Waals surface area contributed by atoms with Crippen LogP contribution in [0.3, 0.4) is 0 Å². The Morgan fingerprint density at radius 2 is 2.15 bits per heavy atom. The van der Waals surface area contributed by atoms with Gasteiger partial charge in [0.15, 0.2) is 0 Å². The molecule has 0 aromatic rings. The second-order valence-electron chi connectivity index (χ2n) is 2.60. The molecule has 1 fully saturated rings. The first kappa shape index (κ1) is 9.95. The third kappa shape index (κ3) is 6.07. The van der Waals surface area contributed by atoms with Gasteiger partial charge in [-0.3, -0.25) is 5.43 Å². The Morgan fingerprint density at radius 1 is 1.15 bits per heavy atom. The summed E-state index contributed by atoms with van der Waals surface area (Å²) in [5.74, 6) is 0. The van der Waals surface area contributed by atoms with E-state index in [0.29, 0.717) is 0 Å². The zero-order valence-electron chi connectivity index (χ0n) is 7.57. The smallest absolute Gasteiger partial charge is 0.0682 e. The topological polar surface area (TPSA) is 45.7 Å². The zero-order chi connectivity index (χ0) is 9.19. The number of hydrogen-bond acceptors (Lipinski definition) is 4. The van der Waals surface area contributed by atoms with E-state index in [1.165, 1.54) is 12.8 Å². The predicted octanol–water partition coefficient (Wildman–Crippen LogP) is 0.947. The molecule has 0 aromatic heterocycles. The van der Waals surface area contributed by atoms with Gasteiger partial charge in [0.25, 0.3) is 0 Å². The van der Waals surface area contributed by atoms with Crippen molar-refractivity contribution in [1.29, 1.82) is 0 Å². The third-order valence-corrected chi connectivity index (χ3v) is 1.51. The summed E-state index contributed by atoms with van der Waals surface area (Å²) in [5.41, 5.74) is 5.46. The number of hydroxylamine groups is 1. The molecule has 0 spiro atoms. The Hall–Kier alpha value is -1.13. The van der Waals surface area contributed by atoms with E-state index >= 15 is 0 Å². The molecule has 2 N–H and O–H groups in total. The largest absolute Gasteiger partial charge is 0.302 e. The molecule has 0 atom stereocenters. The van der Waals surface area contributed by atoms with Gasteiger partial charge in [0.1, 0.15) is 0 Å². The van der Waals surface area contributed by atoms with E-state index in [1.807, 2.05) is 18.2 Å². The molecule has 0 bridgehead atoms. The molecule has 0 aliphatic carbocycles. The molecule has 4 nitrogen and oxygen atoms in total. The molecule has 4 heteroatoms. The number of nitrogens with zero attached hydrogens (tertiary/aromatic N) is 1. The van der Waals surface area contributed by atoms with Gasteiger partial charge >= 0.3 is 0 Å². The van der Waals surface area contributed by atoms with E-state index < -0.39 is 0 Å². The molecule has 0 amide bonds. The van der Waals surface area contributed by atoms with E-state index in [0.717, 1.165) is 13.2 Å². The molecule has 0 unspecified atom stereocenters. The highest BCUT2D eigenvalue weighted by molar-refractivity contribution is 5.71. The quantitative estimate of drug-likeness (QED) is 0.584. The van der Waals surface area contributed by atoms with E-state index in [1.54, 1.807) is 12.4 Å². The van der Waals surface area contributed by atoms with Crippen LogP contribution in [0, 0.1) is 0 Å². The van der Waals surface area contributed by atoms with Crippen LogP contribution in [0.25, 0.3) is 0 Å². The van der Waals surface area contributed by atoms with Gasteiger partial charge in [0.05, 0.1) is 6.61 Å². The molecule has 13 heavy (non-hydrogen) atoms. The number of nitrogens with one attached hydrogen (secondary N) is 2. The zero-order valence-corrected chi connectivity index (χ0v) is 7.57. The lowest BCUT2D eigenvalue weighted by molar-refractivity contribution is 0.0128. The Balaban J connectivity index is 0.000000132. The summed E-state index contributed by atoms with van der Waals surface area (Å²) in [6.07, 6.45) is 11.6. The fourth-order valence-corrected chi connectivity index (χ4v) is 0.857. The van der Waals surface area contributed by atoms with Crippen LogP contribution in [-0.4, -0.2) is 19.4 Å². The van der Waals surface area contributed by atoms with Gasteiger partial charge in [-0.1, -0.05) is 6.08 Å². The van der Waals surface area contributed by atoms with Crippen molar-refractivity contribution in [3.8, 4) is 0 Å². The van der Waals surface area contributed by atoms with Crippen molar-refractivity contribution in [1.82, 2.24) is 10.9 Å². The van der Waals surface area contributed by atoms with Crippen LogP contribution in [0.4, 0.5) is 0 Å². The first-order chi connectivity index (χ1) is 6.50. The molecule has 1 saturated heterocycles. The van der Waals surface area contributed by atoms with Gasteiger partial charge < -0.3 is 4.84 Å². The fraction of sp³-hybridized carbons (Fsp3) is 0.444. The van der Waals surface area contributed by atoms with Crippen LogP contribution >= 0.6 is 0 Å². The number of hydrogen-bond donors (Lipinski definition) is 2. The van der Waals surface area contributed by atoms with Crippen LogP contribution in [0.5, 0.6) is 0 Å². The first-order valence-corrected chi connectivity index (χ1v) is 4.45. The summed E-state index contributed by atoms with van der Waals surface area (Å²) in [5, 5.41) is 3.72. The Bertz CT molecular complexity index is 170. The highest BCUT2D eigenvalue weighted by Gasteiger charge is 1.93. The average Bonchev–Trinajstić information content (AvgIpc) is 2.53. The first-order valence-electron chi connectivity index (χ1n) is 4.45. The highest BCUT2D eigenvalue weighted by Crippen LogP contribution is 1.91. The van der Waals surface area contributed by atoms with Crippen molar-refractivity contribution >= 4 is 6.21 Å². The summed E-state index contributed by atoms with van der Waals surface area (Å²) in [6, 6.07) is 0. The van der Waals surface area contributed by atoms with Gasteiger partial charge in [-0.05, 0) is 25.0 Å². The molecular formula is C9H15N3O. The summed E-state index contributed by atoms with van der Waals surface area (Å²) in [4.78, 5) is 4.82. The maximum atomic E-state index is 4.82. The fourth-order valence-electron chi connectivity index (χ4n) is 0.857. The maximum Gasteiger partial charge on any atom is 0.0682 e. The van der Waals surface area contributed by atoms with Crippen molar-refractivity contribution in [2.75, 3.05) is 13.2 Å². The highest BCUT2D eigenvalue weighted by atomic mass is 16.6. The van der Waals surface area contributed by atoms with Crippen molar-refractivity contribution < 1.29 is 4.84 Å². The minimum Gasteiger partial charge on any atom is -0.302 e. The van der Waals surface area contributed by atoms with Crippen molar-refractivity contribution in [3.63, 3.8) is 0 Å². The number of allylic oxidation sites excluding steroid dienone is 3. The lowest BCUT2D eigenvalue weighted by Crippen LogP contribution is -2.22. The standard InChI is InChI=1S/C5H6N2.C4H9NO/c1-2-4-6-7-5-3-1;1-2-4-6-5-3-1/h1-6H;5H,1-4H2. The van der Waals surface area contributed by atoms with Gasteiger partial charge in [-0.15, -0.1) is 0 Å². The molecule has 2 rings (SSSR count). The third-order valence-electron chi connectivity index (χ3n) is 1.51. The van der Waals surface area contributed by atoms with E-state index in [9.17, 15) is 0 Å². The van der Waals surface area contributed by atoms with E-state index in [4.69, 9.17) is 4.84 Å².